The first-order valence-corrected chi connectivity index (χ1v) is 6.33. The van der Waals surface area contributed by atoms with Crippen LogP contribution in [0.25, 0.3) is 0 Å². The normalized spacial score (nSPS) is 10.6. The summed E-state index contributed by atoms with van der Waals surface area (Å²) in [5.74, 6) is 1.07. The van der Waals surface area contributed by atoms with E-state index in [1.165, 1.54) is 6.07 Å². The largest absolute Gasteiger partial charge is 0.384 e. The van der Waals surface area contributed by atoms with E-state index in [0.717, 1.165) is 0 Å². The predicted octanol–water partition coefficient (Wildman–Crippen LogP) is 2.79. The second-order valence-electron chi connectivity index (χ2n) is 4.27. The van der Waals surface area contributed by atoms with Crippen molar-refractivity contribution in [1.82, 2.24) is 9.97 Å². The number of nitrogens with zero attached hydrogens (tertiary/aromatic N) is 2. The highest BCUT2D eigenvalue weighted by Crippen LogP contribution is 2.22. The monoisotopic (exact) mass is 276 g/mol. The van der Waals surface area contributed by atoms with Crippen LogP contribution in [0.4, 0.5) is 21.7 Å². The van der Waals surface area contributed by atoms with Crippen LogP contribution in [0.5, 0.6) is 0 Å². The summed E-state index contributed by atoms with van der Waals surface area (Å²) >= 11 is 0. The second-order valence-corrected chi connectivity index (χ2v) is 4.27. The first-order chi connectivity index (χ1) is 9.60. The number of rotatable bonds is 5. The van der Waals surface area contributed by atoms with Crippen LogP contribution in [0, 0.1) is 12.7 Å². The van der Waals surface area contributed by atoms with Crippen molar-refractivity contribution >= 4 is 17.3 Å². The van der Waals surface area contributed by atoms with Crippen LogP contribution in [0.1, 0.15) is 18.3 Å². The van der Waals surface area contributed by atoms with Crippen molar-refractivity contribution in [3.05, 3.63) is 41.5 Å². The molecule has 0 saturated carbocycles. The number of nitrogens with two attached hydrogens (primary N) is 1. The Kier molecular flexibility index (Phi) is 4.47. The highest BCUT2D eigenvalue weighted by molar-refractivity contribution is 5.62. The minimum absolute atomic E-state index is 0.272. The van der Waals surface area contributed by atoms with Gasteiger partial charge in [0.1, 0.15) is 24.1 Å². The molecular weight excluding hydrogens is 259 g/mol. The Morgan fingerprint density at radius 2 is 2.15 bits per heavy atom. The van der Waals surface area contributed by atoms with Crippen LogP contribution in [-0.4, -0.2) is 16.6 Å². The van der Waals surface area contributed by atoms with Gasteiger partial charge in [-0.2, -0.15) is 0 Å². The minimum Gasteiger partial charge on any atom is -0.384 e. The molecule has 3 N–H and O–H groups in total. The number of nitrogens with one attached hydrogen (secondary N) is 1. The lowest BCUT2D eigenvalue weighted by molar-refractivity contribution is 0.128. The van der Waals surface area contributed by atoms with Gasteiger partial charge in [0.05, 0.1) is 0 Å². The van der Waals surface area contributed by atoms with E-state index in [0.29, 0.717) is 41.9 Å². The third-order valence-corrected chi connectivity index (χ3v) is 2.76. The van der Waals surface area contributed by atoms with Crippen molar-refractivity contribution < 1.29 is 9.13 Å². The van der Waals surface area contributed by atoms with Crippen LogP contribution in [0.2, 0.25) is 0 Å². The number of hydrogen-bond acceptors (Lipinski definition) is 5. The lowest BCUT2D eigenvalue weighted by atomic mass is 10.2. The molecule has 0 aliphatic heterocycles. The smallest absolute Gasteiger partial charge is 0.158 e. The average Bonchev–Trinajstić information content (AvgIpc) is 2.41. The van der Waals surface area contributed by atoms with Gasteiger partial charge in [-0.15, -0.1) is 0 Å². The van der Waals surface area contributed by atoms with Crippen molar-refractivity contribution in [1.29, 1.82) is 0 Å². The molecule has 0 spiro atoms. The van der Waals surface area contributed by atoms with E-state index in [9.17, 15) is 4.39 Å². The summed E-state index contributed by atoms with van der Waals surface area (Å²) in [4.78, 5) is 8.37. The molecule has 0 amide bonds. The molecule has 0 bridgehead atoms. The average molecular weight is 276 g/mol. The molecule has 1 heterocycles. The summed E-state index contributed by atoms with van der Waals surface area (Å²) in [7, 11) is 0. The number of benzene rings is 1. The third kappa shape index (κ3) is 3.42. The summed E-state index contributed by atoms with van der Waals surface area (Å²) in [6.07, 6.45) is 0. The van der Waals surface area contributed by atoms with Gasteiger partial charge in [-0.05, 0) is 26.0 Å². The van der Waals surface area contributed by atoms with Crippen LogP contribution in [-0.2, 0) is 11.3 Å². The SMILES string of the molecule is CCOCc1nc(N)cc(Nc2cccc(F)c2C)n1. The van der Waals surface area contributed by atoms with Crippen LogP contribution in [0.3, 0.4) is 0 Å². The lowest BCUT2D eigenvalue weighted by Gasteiger charge is -2.11. The highest BCUT2D eigenvalue weighted by atomic mass is 19.1. The van der Waals surface area contributed by atoms with E-state index in [4.69, 9.17) is 10.5 Å². The maximum Gasteiger partial charge on any atom is 0.158 e. The summed E-state index contributed by atoms with van der Waals surface area (Å²) in [5, 5.41) is 3.04. The molecule has 0 aliphatic carbocycles. The molecule has 0 radical (unpaired) electrons. The Labute approximate surface area is 117 Å². The van der Waals surface area contributed by atoms with Gasteiger partial charge in [0, 0.05) is 23.9 Å². The summed E-state index contributed by atoms with van der Waals surface area (Å²) < 4.78 is 18.7. The Hall–Kier alpha value is -2.21. The maximum atomic E-state index is 13.5. The lowest BCUT2D eigenvalue weighted by Crippen LogP contribution is -2.06. The molecule has 0 atom stereocenters. The molecule has 2 aromatic rings. The molecule has 20 heavy (non-hydrogen) atoms. The van der Waals surface area contributed by atoms with E-state index in [1.807, 2.05) is 6.92 Å². The molecule has 6 heteroatoms. The van der Waals surface area contributed by atoms with E-state index in [-0.39, 0.29) is 5.82 Å². The van der Waals surface area contributed by atoms with Gasteiger partial charge in [-0.25, -0.2) is 14.4 Å². The Morgan fingerprint density at radius 3 is 2.90 bits per heavy atom. The Morgan fingerprint density at radius 1 is 1.35 bits per heavy atom. The fourth-order valence-electron chi connectivity index (χ4n) is 1.72. The van der Waals surface area contributed by atoms with E-state index in [2.05, 4.69) is 15.3 Å². The first kappa shape index (κ1) is 14.2. The van der Waals surface area contributed by atoms with Crippen molar-refractivity contribution in [3.8, 4) is 0 Å². The highest BCUT2D eigenvalue weighted by Gasteiger charge is 2.07. The fourth-order valence-corrected chi connectivity index (χ4v) is 1.72. The van der Waals surface area contributed by atoms with Crippen molar-refractivity contribution in [3.63, 3.8) is 0 Å². The molecule has 5 nitrogen and oxygen atoms in total. The molecule has 0 fully saturated rings. The van der Waals surface area contributed by atoms with Gasteiger partial charge in [-0.1, -0.05) is 6.07 Å². The molecule has 1 aromatic carbocycles. The standard InChI is InChI=1S/C14H17FN4O/c1-3-20-8-14-18-12(16)7-13(19-14)17-11-6-4-5-10(15)9(11)2/h4-7H,3,8H2,1-2H3,(H3,16,17,18,19). The first-order valence-electron chi connectivity index (χ1n) is 6.33. The van der Waals surface area contributed by atoms with E-state index in [1.54, 1.807) is 25.1 Å². The summed E-state index contributed by atoms with van der Waals surface area (Å²) in [6, 6.07) is 6.42. The van der Waals surface area contributed by atoms with Gasteiger partial charge >= 0.3 is 0 Å². The number of hydrogen-bond donors (Lipinski definition) is 2. The third-order valence-electron chi connectivity index (χ3n) is 2.76. The van der Waals surface area contributed by atoms with Crippen molar-refractivity contribution in [2.75, 3.05) is 17.7 Å². The van der Waals surface area contributed by atoms with E-state index < -0.39 is 0 Å². The number of anilines is 3. The second kappa shape index (κ2) is 6.29. The summed E-state index contributed by atoms with van der Waals surface area (Å²) in [5.41, 5.74) is 6.90. The van der Waals surface area contributed by atoms with Crippen LogP contribution in [0.15, 0.2) is 24.3 Å². The number of ether oxygens (including phenoxy) is 1. The van der Waals surface area contributed by atoms with Gasteiger partial charge in [0.15, 0.2) is 5.82 Å². The van der Waals surface area contributed by atoms with Gasteiger partial charge in [0.2, 0.25) is 0 Å². The summed E-state index contributed by atoms with van der Waals surface area (Å²) in [6.45, 7) is 4.45. The van der Waals surface area contributed by atoms with Gasteiger partial charge < -0.3 is 15.8 Å². The molecule has 106 valence electrons. The number of nitrogen functional groups attached to an aromatic ring is 1. The topological polar surface area (TPSA) is 73.1 Å². The molecule has 2 rings (SSSR count). The molecular formula is C14H17FN4O. The van der Waals surface area contributed by atoms with Crippen LogP contribution < -0.4 is 11.1 Å². The van der Waals surface area contributed by atoms with Gasteiger partial charge in [0.25, 0.3) is 0 Å². The maximum absolute atomic E-state index is 13.5. The minimum atomic E-state index is -0.272. The fraction of sp³-hybridized carbons (Fsp3) is 0.286. The molecule has 0 saturated heterocycles. The zero-order valence-electron chi connectivity index (χ0n) is 11.5. The Balaban J connectivity index is 2.24. The van der Waals surface area contributed by atoms with Crippen molar-refractivity contribution in [2.45, 2.75) is 20.5 Å². The molecule has 0 unspecified atom stereocenters. The van der Waals surface area contributed by atoms with Gasteiger partial charge in [-0.3, -0.25) is 0 Å². The zero-order chi connectivity index (χ0) is 14.5. The molecule has 0 aliphatic rings. The van der Waals surface area contributed by atoms with Crippen LogP contribution >= 0.6 is 0 Å². The van der Waals surface area contributed by atoms with E-state index >= 15 is 0 Å². The molecule has 1 aromatic heterocycles. The predicted molar refractivity (Wildman–Crippen MR) is 76.2 cm³/mol. The quantitative estimate of drug-likeness (QED) is 0.878. The zero-order valence-corrected chi connectivity index (χ0v) is 11.5. The van der Waals surface area contributed by atoms with Crippen molar-refractivity contribution in [2.24, 2.45) is 0 Å². The number of halogens is 1. The Bertz CT molecular complexity index is 604. The number of aromatic nitrogens is 2.